The van der Waals surface area contributed by atoms with Crippen molar-refractivity contribution in [1.29, 1.82) is 0 Å². The van der Waals surface area contributed by atoms with Crippen LogP contribution in [0, 0.1) is 0 Å². The Bertz CT molecular complexity index is 175. The van der Waals surface area contributed by atoms with Gasteiger partial charge in [-0.2, -0.15) is 8.78 Å². The highest BCUT2D eigenvalue weighted by Crippen LogP contribution is 2.20. The molecule has 0 spiro atoms. The minimum absolute atomic E-state index is 0.699. The van der Waals surface area contributed by atoms with Crippen LogP contribution in [-0.4, -0.2) is 23.4 Å². The Labute approximate surface area is 74.8 Å². The van der Waals surface area contributed by atoms with Gasteiger partial charge < -0.3 is 4.74 Å². The summed E-state index contributed by atoms with van der Waals surface area (Å²) in [7, 11) is 0. The highest BCUT2D eigenvalue weighted by molar-refractivity contribution is 6.65. The molecule has 72 valence electrons. The molecule has 2 nitrogen and oxygen atoms in total. The largest absolute Gasteiger partial charge is 0.369 e. The third kappa shape index (κ3) is 4.62. The van der Waals surface area contributed by atoms with Gasteiger partial charge in [0.05, 0.1) is 5.60 Å². The maximum absolute atomic E-state index is 12.5. The van der Waals surface area contributed by atoms with Gasteiger partial charge in [-0.15, -0.1) is 0 Å². The Balaban J connectivity index is 4.01. The molecule has 0 N–H and O–H groups in total. The SMILES string of the molecule is CC(C)(C)OCC(F)(F)C(=O)Cl. The molecule has 0 amide bonds. The lowest BCUT2D eigenvalue weighted by Crippen LogP contribution is -2.35. The first-order chi connectivity index (χ1) is 5.15. The Morgan fingerprint density at radius 2 is 1.83 bits per heavy atom. The molecule has 5 heteroatoms. The minimum Gasteiger partial charge on any atom is -0.369 e. The van der Waals surface area contributed by atoms with Gasteiger partial charge in [0.2, 0.25) is 0 Å². The van der Waals surface area contributed by atoms with Crippen LogP contribution in [0.5, 0.6) is 0 Å². The van der Waals surface area contributed by atoms with E-state index in [0.29, 0.717) is 0 Å². The minimum atomic E-state index is -3.59. The summed E-state index contributed by atoms with van der Waals surface area (Å²) < 4.78 is 29.6. The number of hydrogen-bond donors (Lipinski definition) is 0. The number of alkyl halides is 2. The molecule has 12 heavy (non-hydrogen) atoms. The van der Waals surface area contributed by atoms with Gasteiger partial charge in [0.15, 0.2) is 0 Å². The van der Waals surface area contributed by atoms with Gasteiger partial charge in [-0.25, -0.2) is 0 Å². The first-order valence-corrected chi connectivity index (χ1v) is 3.75. The summed E-state index contributed by atoms with van der Waals surface area (Å²) in [4.78, 5) is 10.1. The normalized spacial score (nSPS) is 13.2. The predicted molar refractivity (Wildman–Crippen MR) is 41.5 cm³/mol. The molecular weight excluding hydrogens is 190 g/mol. The molecule has 0 saturated heterocycles. The van der Waals surface area contributed by atoms with Crippen LogP contribution in [0.15, 0.2) is 0 Å². The summed E-state index contributed by atoms with van der Waals surface area (Å²) in [5.74, 6) is -3.59. The summed E-state index contributed by atoms with van der Waals surface area (Å²) in [5.41, 5.74) is -0.699. The van der Waals surface area contributed by atoms with Crippen LogP contribution < -0.4 is 0 Å². The standard InChI is InChI=1S/C7H11ClF2O2/c1-6(2,3)12-4-7(9,10)5(8)11/h4H2,1-3H3. The molecule has 0 rings (SSSR count). The van der Waals surface area contributed by atoms with E-state index in [-0.39, 0.29) is 0 Å². The van der Waals surface area contributed by atoms with E-state index in [1.165, 1.54) is 0 Å². The van der Waals surface area contributed by atoms with Gasteiger partial charge in [-0.3, -0.25) is 4.79 Å². The Kier molecular flexibility index (Phi) is 3.59. The smallest absolute Gasteiger partial charge is 0.342 e. The zero-order valence-electron chi connectivity index (χ0n) is 7.16. The second-order valence-corrected chi connectivity index (χ2v) is 3.72. The van der Waals surface area contributed by atoms with Crippen molar-refractivity contribution < 1.29 is 18.3 Å². The van der Waals surface area contributed by atoms with Gasteiger partial charge >= 0.3 is 5.92 Å². The van der Waals surface area contributed by atoms with Crippen LogP contribution in [0.2, 0.25) is 0 Å². The number of carbonyl (C=O) groups excluding carboxylic acids is 1. The van der Waals surface area contributed by atoms with Crippen LogP contribution in [0.4, 0.5) is 8.78 Å². The topological polar surface area (TPSA) is 26.3 Å². The molecule has 0 heterocycles. The van der Waals surface area contributed by atoms with Gasteiger partial charge in [-0.05, 0) is 32.4 Å². The number of carbonyl (C=O) groups is 1. The van der Waals surface area contributed by atoms with Crippen molar-refractivity contribution in [2.24, 2.45) is 0 Å². The molecule has 0 unspecified atom stereocenters. The fraction of sp³-hybridized carbons (Fsp3) is 0.857. The van der Waals surface area contributed by atoms with E-state index >= 15 is 0 Å². The highest BCUT2D eigenvalue weighted by Gasteiger charge is 2.38. The van der Waals surface area contributed by atoms with Gasteiger partial charge in [0, 0.05) is 0 Å². The summed E-state index contributed by atoms with van der Waals surface area (Å²) in [6.07, 6.45) is 0. The molecule has 0 aromatic carbocycles. The van der Waals surface area contributed by atoms with Crippen molar-refractivity contribution in [3.8, 4) is 0 Å². The molecule has 0 aromatic rings. The van der Waals surface area contributed by atoms with Crippen molar-refractivity contribution >= 4 is 16.8 Å². The second-order valence-electron chi connectivity index (χ2n) is 3.38. The fourth-order valence-electron chi connectivity index (χ4n) is 0.364. The summed E-state index contributed by atoms with van der Waals surface area (Å²) in [6.45, 7) is 3.87. The number of halogens is 3. The first-order valence-electron chi connectivity index (χ1n) is 3.37. The van der Waals surface area contributed by atoms with E-state index < -0.39 is 23.4 Å². The van der Waals surface area contributed by atoms with E-state index in [9.17, 15) is 13.6 Å². The highest BCUT2D eigenvalue weighted by atomic mass is 35.5. The maximum Gasteiger partial charge on any atom is 0.342 e. The lowest BCUT2D eigenvalue weighted by Gasteiger charge is -2.22. The lowest BCUT2D eigenvalue weighted by atomic mass is 10.2. The summed E-state index contributed by atoms with van der Waals surface area (Å²) in [6, 6.07) is 0. The fourth-order valence-corrected chi connectivity index (χ4v) is 0.418. The van der Waals surface area contributed by atoms with Crippen molar-refractivity contribution in [3.63, 3.8) is 0 Å². The van der Waals surface area contributed by atoms with E-state index in [2.05, 4.69) is 11.6 Å². The average molecular weight is 201 g/mol. The lowest BCUT2D eigenvalue weighted by molar-refractivity contribution is -0.152. The Morgan fingerprint density at radius 1 is 1.42 bits per heavy atom. The van der Waals surface area contributed by atoms with Gasteiger partial charge in [-0.1, -0.05) is 0 Å². The van der Waals surface area contributed by atoms with Gasteiger partial charge in [0.1, 0.15) is 6.61 Å². The monoisotopic (exact) mass is 200 g/mol. The molecule has 0 atom stereocenters. The van der Waals surface area contributed by atoms with Crippen LogP contribution in [-0.2, 0) is 9.53 Å². The van der Waals surface area contributed by atoms with Gasteiger partial charge in [0.25, 0.3) is 5.24 Å². The van der Waals surface area contributed by atoms with Crippen molar-refractivity contribution in [2.75, 3.05) is 6.61 Å². The van der Waals surface area contributed by atoms with Crippen molar-refractivity contribution in [3.05, 3.63) is 0 Å². The van der Waals surface area contributed by atoms with E-state index in [4.69, 9.17) is 4.74 Å². The van der Waals surface area contributed by atoms with E-state index in [1.54, 1.807) is 20.8 Å². The number of ether oxygens (including phenoxy) is 1. The quantitative estimate of drug-likeness (QED) is 0.653. The summed E-state index contributed by atoms with van der Waals surface area (Å²) in [5, 5.41) is -1.69. The molecule has 0 bridgehead atoms. The third-order valence-corrected chi connectivity index (χ3v) is 1.25. The molecule has 0 saturated carbocycles. The predicted octanol–water partition coefficient (Wildman–Crippen LogP) is 2.20. The molecule has 0 aliphatic carbocycles. The molecule has 0 aliphatic heterocycles. The van der Waals surface area contributed by atoms with E-state index in [1.807, 2.05) is 0 Å². The molecule has 0 aromatic heterocycles. The molecular formula is C7H11ClF2O2. The zero-order chi connectivity index (χ0) is 9.99. The van der Waals surface area contributed by atoms with E-state index in [0.717, 1.165) is 0 Å². The Morgan fingerprint density at radius 3 is 2.08 bits per heavy atom. The molecule has 0 radical (unpaired) electrons. The number of rotatable bonds is 3. The molecule has 0 aliphatic rings. The van der Waals surface area contributed by atoms with Crippen LogP contribution in [0.25, 0.3) is 0 Å². The zero-order valence-corrected chi connectivity index (χ0v) is 7.91. The van der Waals surface area contributed by atoms with Crippen LogP contribution >= 0.6 is 11.6 Å². The summed E-state index contributed by atoms with van der Waals surface area (Å²) >= 11 is 4.63. The maximum atomic E-state index is 12.5. The third-order valence-electron chi connectivity index (χ3n) is 0.974. The molecule has 0 fully saturated rings. The second kappa shape index (κ2) is 3.66. The van der Waals surface area contributed by atoms with Crippen molar-refractivity contribution in [2.45, 2.75) is 32.3 Å². The Hall–Kier alpha value is -0.220. The average Bonchev–Trinajstić information content (AvgIpc) is 1.82. The van der Waals surface area contributed by atoms with Crippen LogP contribution in [0.1, 0.15) is 20.8 Å². The first kappa shape index (κ1) is 11.8. The van der Waals surface area contributed by atoms with Crippen molar-refractivity contribution in [1.82, 2.24) is 0 Å². The van der Waals surface area contributed by atoms with Crippen LogP contribution in [0.3, 0.4) is 0 Å². The number of hydrogen-bond acceptors (Lipinski definition) is 2.